The molecule has 0 saturated carbocycles. The number of aryl methyl sites for hydroxylation is 1. The van der Waals surface area contributed by atoms with Gasteiger partial charge in [0.25, 0.3) is 0 Å². The molecule has 0 fully saturated rings. The first-order valence-electron chi connectivity index (χ1n) is 29.2. The highest BCUT2D eigenvalue weighted by Gasteiger charge is 2.17. The van der Waals surface area contributed by atoms with Gasteiger partial charge in [-0.05, 0) is 83.5 Å². The van der Waals surface area contributed by atoms with Crippen molar-refractivity contribution < 1.29 is 0 Å². The van der Waals surface area contributed by atoms with Gasteiger partial charge in [-0.3, -0.25) is 39.0 Å². The van der Waals surface area contributed by atoms with Crippen LogP contribution < -0.4 is 0 Å². The van der Waals surface area contributed by atoms with Crippen LogP contribution in [0.25, 0.3) is 94.3 Å². The maximum atomic E-state index is 4.87. The minimum atomic E-state index is 0.612. The van der Waals surface area contributed by atoms with Gasteiger partial charge in [-0.25, -0.2) is 4.68 Å². The second-order valence-corrected chi connectivity index (χ2v) is 21.7. The fourth-order valence-corrected chi connectivity index (χ4v) is 11.2. The topological polar surface area (TPSA) is 136 Å². The standard InChI is InChI=1S/C19H14BrN3.2C19H15N3.C18H14N4/c20-16-10-6-12-21-17(16)13-23-18-11-5-4-9-15(18)19(22-23)14-7-2-1-3-8-14;1-14-17(12-7-13-20-14)22-18-11-6-5-10-16(18)19(21-22)15-8-3-2-4-9-15;1-2-8-15(9-3-1)19-17-11-4-5-12-18(17)22(21-19)14-16-10-6-7-13-20-16;1-2-6-14(7-3-1)18-16-8-4-5-9-17(16)22(21-18)13-15-12-19-10-11-20-15/h1-12H,13H2;2-13H,1H3;1-13H,14H2;1-12H,13H2. The largest absolute Gasteiger partial charge is 0.261 e. The Morgan fingerprint density at radius 1 is 0.315 bits per heavy atom. The van der Waals surface area contributed by atoms with Crippen LogP contribution in [0.4, 0.5) is 0 Å². The van der Waals surface area contributed by atoms with Gasteiger partial charge in [0.15, 0.2) is 0 Å². The molecule has 0 bridgehead atoms. The van der Waals surface area contributed by atoms with E-state index >= 15 is 0 Å². The van der Waals surface area contributed by atoms with Gasteiger partial charge in [0.1, 0.15) is 22.8 Å². The lowest BCUT2D eigenvalue weighted by Crippen LogP contribution is -2.04. The van der Waals surface area contributed by atoms with Crippen LogP contribution in [-0.4, -0.2) is 64.0 Å². The lowest BCUT2D eigenvalue weighted by molar-refractivity contribution is 0.695. The predicted molar refractivity (Wildman–Crippen MR) is 360 cm³/mol. The number of hydrogen-bond acceptors (Lipinski definition) is 9. The summed E-state index contributed by atoms with van der Waals surface area (Å²) in [5.74, 6) is 0. The fourth-order valence-electron chi connectivity index (χ4n) is 10.8. The van der Waals surface area contributed by atoms with Crippen molar-refractivity contribution in [3.63, 3.8) is 0 Å². The van der Waals surface area contributed by atoms with E-state index in [0.29, 0.717) is 19.6 Å². The number of fused-ring (bicyclic) bond motifs is 4. The van der Waals surface area contributed by atoms with Crippen molar-refractivity contribution in [3.8, 4) is 50.7 Å². The molecule has 16 aromatic rings. The normalized spacial score (nSPS) is 10.9. The molecule has 0 radical (unpaired) electrons. The molecular formula is C75H58BrN13. The third-order valence-corrected chi connectivity index (χ3v) is 15.8. The second kappa shape index (κ2) is 26.9. The quantitative estimate of drug-likeness (QED) is 0.124. The number of para-hydroxylation sites is 4. The first-order valence-corrected chi connectivity index (χ1v) is 30.0. The number of halogens is 1. The summed E-state index contributed by atoms with van der Waals surface area (Å²) in [7, 11) is 0. The van der Waals surface area contributed by atoms with E-state index in [9.17, 15) is 0 Å². The number of benzene rings is 8. The molecule has 89 heavy (non-hydrogen) atoms. The first kappa shape index (κ1) is 56.8. The molecule has 16 rings (SSSR count). The molecule has 430 valence electrons. The van der Waals surface area contributed by atoms with Crippen LogP contribution in [0.1, 0.15) is 22.8 Å². The Hall–Kier alpha value is -11.4. The summed E-state index contributed by atoms with van der Waals surface area (Å²) in [6, 6.07) is 88.3. The highest BCUT2D eigenvalue weighted by atomic mass is 79.9. The van der Waals surface area contributed by atoms with Gasteiger partial charge >= 0.3 is 0 Å². The molecule has 0 atom stereocenters. The van der Waals surface area contributed by atoms with E-state index in [0.717, 1.165) is 116 Å². The van der Waals surface area contributed by atoms with E-state index in [-0.39, 0.29) is 0 Å². The summed E-state index contributed by atoms with van der Waals surface area (Å²) < 4.78 is 9.02. The number of hydrogen-bond donors (Lipinski definition) is 0. The highest BCUT2D eigenvalue weighted by molar-refractivity contribution is 9.10. The van der Waals surface area contributed by atoms with Crippen LogP contribution in [-0.2, 0) is 19.6 Å². The van der Waals surface area contributed by atoms with Gasteiger partial charge < -0.3 is 0 Å². The van der Waals surface area contributed by atoms with Gasteiger partial charge in [0, 0.05) is 79.3 Å². The van der Waals surface area contributed by atoms with Crippen molar-refractivity contribution in [2.24, 2.45) is 0 Å². The van der Waals surface area contributed by atoms with Crippen LogP contribution >= 0.6 is 15.9 Å². The van der Waals surface area contributed by atoms with Gasteiger partial charge in [-0.2, -0.15) is 20.4 Å². The molecule has 0 spiro atoms. The van der Waals surface area contributed by atoms with Crippen molar-refractivity contribution in [2.75, 3.05) is 0 Å². The Labute approximate surface area is 523 Å². The Balaban J connectivity index is 0.000000109. The molecule has 8 heterocycles. The average Bonchev–Trinajstić information content (AvgIpc) is 2.11. The van der Waals surface area contributed by atoms with E-state index < -0.39 is 0 Å². The molecule has 13 nitrogen and oxygen atoms in total. The Morgan fingerprint density at radius 2 is 0.708 bits per heavy atom. The molecule has 8 aromatic heterocycles. The molecular weight excluding hydrogens is 1160 g/mol. The van der Waals surface area contributed by atoms with Gasteiger partial charge in [0.2, 0.25) is 0 Å². The molecule has 0 aliphatic heterocycles. The number of pyridine rings is 3. The lowest BCUT2D eigenvalue weighted by Gasteiger charge is -2.05. The van der Waals surface area contributed by atoms with Crippen molar-refractivity contribution in [2.45, 2.75) is 26.6 Å². The zero-order valence-corrected chi connectivity index (χ0v) is 50.2. The monoisotopic (exact) mass is 1220 g/mol. The van der Waals surface area contributed by atoms with Crippen molar-refractivity contribution >= 4 is 59.5 Å². The molecule has 14 heteroatoms. The van der Waals surface area contributed by atoms with E-state index in [2.05, 4.69) is 162 Å². The molecule has 8 aromatic carbocycles. The van der Waals surface area contributed by atoms with Gasteiger partial charge in [0.05, 0.1) is 76.4 Å². The summed E-state index contributed by atoms with van der Waals surface area (Å²) in [5.41, 5.74) is 17.8. The predicted octanol–water partition coefficient (Wildman–Crippen LogP) is 17.0. The van der Waals surface area contributed by atoms with Crippen LogP contribution in [0.15, 0.2) is 303 Å². The van der Waals surface area contributed by atoms with E-state index in [4.69, 9.17) is 20.4 Å². The minimum Gasteiger partial charge on any atom is -0.261 e. The van der Waals surface area contributed by atoms with E-state index in [1.54, 1.807) is 18.6 Å². The summed E-state index contributed by atoms with van der Waals surface area (Å²) in [6.45, 7) is 3.93. The second-order valence-electron chi connectivity index (χ2n) is 20.9. The number of nitrogens with zero attached hydrogens (tertiary/aromatic N) is 13. The Kier molecular flexibility index (Phi) is 17.2. The molecule has 0 aliphatic rings. The van der Waals surface area contributed by atoms with Gasteiger partial charge in [-0.15, -0.1) is 0 Å². The molecule has 0 aliphatic carbocycles. The highest BCUT2D eigenvalue weighted by Crippen LogP contribution is 2.33. The van der Waals surface area contributed by atoms with Crippen LogP contribution in [0.5, 0.6) is 0 Å². The summed E-state index contributed by atoms with van der Waals surface area (Å²) >= 11 is 3.57. The molecule has 0 saturated heterocycles. The number of aromatic nitrogens is 13. The first-order chi connectivity index (χ1) is 44.0. The Morgan fingerprint density at radius 3 is 1.17 bits per heavy atom. The van der Waals surface area contributed by atoms with Gasteiger partial charge in [-0.1, -0.05) is 200 Å². The zero-order chi connectivity index (χ0) is 60.1. The maximum Gasteiger partial charge on any atom is 0.101 e. The number of rotatable bonds is 11. The van der Waals surface area contributed by atoms with Crippen LogP contribution in [0.2, 0.25) is 0 Å². The molecule has 0 amide bonds. The van der Waals surface area contributed by atoms with Crippen LogP contribution in [0, 0.1) is 6.92 Å². The Bertz CT molecular complexity index is 4800. The smallest absolute Gasteiger partial charge is 0.101 e. The van der Waals surface area contributed by atoms with Crippen molar-refractivity contribution in [1.82, 2.24) is 64.0 Å². The summed E-state index contributed by atoms with van der Waals surface area (Å²) in [5, 5.41) is 24.0. The third-order valence-electron chi connectivity index (χ3n) is 15.1. The SMILES string of the molecule is Brc1cccnc1Cn1nc(-c2ccccc2)c2ccccc21.Cc1ncccc1-n1nc(-c2ccccc2)c2ccccc21.c1ccc(-c2nn(Cc3ccccn3)c3ccccc23)cc1.c1ccc(-c2nn(Cc3cnccn3)c3ccccc23)cc1. The van der Waals surface area contributed by atoms with E-state index in [1.165, 1.54) is 5.39 Å². The lowest BCUT2D eigenvalue weighted by atomic mass is 10.1. The van der Waals surface area contributed by atoms with Crippen LogP contribution in [0.3, 0.4) is 0 Å². The minimum absolute atomic E-state index is 0.612. The third kappa shape index (κ3) is 12.8. The van der Waals surface area contributed by atoms with Crippen molar-refractivity contribution in [1.29, 1.82) is 0 Å². The molecule has 0 unspecified atom stereocenters. The van der Waals surface area contributed by atoms with E-state index in [1.807, 2.05) is 184 Å². The zero-order valence-electron chi connectivity index (χ0n) is 48.6. The summed E-state index contributed by atoms with van der Waals surface area (Å²) in [6.07, 6.45) is 10.6. The molecule has 0 N–H and O–H groups in total. The summed E-state index contributed by atoms with van der Waals surface area (Å²) in [4.78, 5) is 21.7. The van der Waals surface area contributed by atoms with Crippen molar-refractivity contribution in [3.05, 3.63) is 325 Å². The fraction of sp³-hybridized carbons (Fsp3) is 0.0533. The average molecular weight is 1220 g/mol. The maximum absolute atomic E-state index is 4.87.